The zero-order valence-electron chi connectivity index (χ0n) is 9.71. The molecule has 2 aromatic rings. The number of hydrogen-bond acceptors (Lipinski definition) is 2. The summed E-state index contributed by atoms with van der Waals surface area (Å²) in [5.74, 6) is -0.268. The Bertz CT molecular complexity index is 537. The van der Waals surface area contributed by atoms with Crippen molar-refractivity contribution in [2.24, 2.45) is 0 Å². The summed E-state index contributed by atoms with van der Waals surface area (Å²) in [7, 11) is 0. The Hall–Kier alpha value is -1.64. The first-order valence-electron chi connectivity index (χ1n) is 5.68. The maximum atomic E-state index is 12.0. The molecule has 0 spiro atoms. The minimum atomic E-state index is -1.04. The maximum Gasteiger partial charge on any atom is 0.191 e. The molecular weight excluding hydrogens is 248 g/mol. The van der Waals surface area contributed by atoms with Crippen molar-refractivity contribution < 1.29 is 9.90 Å². The lowest BCUT2D eigenvalue weighted by Gasteiger charge is -2.09. The number of carbonyl (C=O) groups is 1. The Morgan fingerprint density at radius 1 is 1.11 bits per heavy atom. The van der Waals surface area contributed by atoms with Gasteiger partial charge in [-0.1, -0.05) is 54.1 Å². The summed E-state index contributed by atoms with van der Waals surface area (Å²) in [6.07, 6.45) is -0.764. The van der Waals surface area contributed by atoms with E-state index in [9.17, 15) is 9.90 Å². The average molecular weight is 261 g/mol. The highest BCUT2D eigenvalue weighted by atomic mass is 35.5. The van der Waals surface area contributed by atoms with Gasteiger partial charge in [0.2, 0.25) is 0 Å². The fraction of sp³-hybridized carbons (Fsp3) is 0.133. The van der Waals surface area contributed by atoms with Gasteiger partial charge in [-0.3, -0.25) is 4.79 Å². The number of halogens is 1. The molecule has 0 radical (unpaired) electrons. The second-order valence-corrected chi connectivity index (χ2v) is 4.52. The summed E-state index contributed by atoms with van der Waals surface area (Å²) in [6.45, 7) is 0. The van der Waals surface area contributed by atoms with Crippen molar-refractivity contribution in [3.63, 3.8) is 0 Å². The average Bonchev–Trinajstić information content (AvgIpc) is 2.39. The molecule has 0 aliphatic rings. The van der Waals surface area contributed by atoms with E-state index in [4.69, 9.17) is 11.6 Å². The van der Waals surface area contributed by atoms with Crippen molar-refractivity contribution >= 4 is 17.4 Å². The number of hydrogen-bond donors (Lipinski definition) is 1. The maximum absolute atomic E-state index is 12.0. The van der Waals surface area contributed by atoms with Crippen LogP contribution in [-0.2, 0) is 6.42 Å². The van der Waals surface area contributed by atoms with Crippen molar-refractivity contribution in [3.8, 4) is 0 Å². The molecule has 0 aliphatic carbocycles. The fourth-order valence-corrected chi connectivity index (χ4v) is 1.99. The standard InChI is InChI=1S/C15H13ClO2/c16-13-8-4-5-11(9-13)10-14(17)15(18)12-6-2-1-3-7-12/h1-9,14,17H,10H2. The highest BCUT2D eigenvalue weighted by Gasteiger charge is 2.17. The molecule has 3 heteroatoms. The van der Waals surface area contributed by atoms with E-state index in [1.807, 2.05) is 12.1 Å². The van der Waals surface area contributed by atoms with Gasteiger partial charge in [0.15, 0.2) is 5.78 Å². The lowest BCUT2D eigenvalue weighted by molar-refractivity contribution is 0.0748. The molecule has 1 unspecified atom stereocenters. The molecule has 0 amide bonds. The van der Waals surface area contributed by atoms with Crippen LogP contribution in [0.4, 0.5) is 0 Å². The highest BCUT2D eigenvalue weighted by Crippen LogP contribution is 2.14. The Kier molecular flexibility index (Phi) is 4.13. The van der Waals surface area contributed by atoms with Crippen LogP contribution in [0.1, 0.15) is 15.9 Å². The van der Waals surface area contributed by atoms with Crippen molar-refractivity contribution in [3.05, 3.63) is 70.7 Å². The molecule has 0 fully saturated rings. The normalized spacial score (nSPS) is 12.1. The van der Waals surface area contributed by atoms with Gasteiger partial charge < -0.3 is 5.11 Å². The summed E-state index contributed by atoms with van der Waals surface area (Å²) in [6, 6.07) is 15.9. The van der Waals surface area contributed by atoms with Crippen LogP contribution in [0.3, 0.4) is 0 Å². The SMILES string of the molecule is O=C(c1ccccc1)C(O)Cc1cccc(Cl)c1. The Balaban J connectivity index is 2.09. The smallest absolute Gasteiger partial charge is 0.191 e. The third-order valence-corrected chi connectivity index (χ3v) is 2.91. The first-order valence-corrected chi connectivity index (χ1v) is 6.06. The van der Waals surface area contributed by atoms with E-state index in [0.717, 1.165) is 5.56 Å². The molecular formula is C15H13ClO2. The van der Waals surface area contributed by atoms with Crippen LogP contribution in [-0.4, -0.2) is 17.0 Å². The Morgan fingerprint density at radius 3 is 2.50 bits per heavy atom. The lowest BCUT2D eigenvalue weighted by atomic mass is 10.0. The van der Waals surface area contributed by atoms with Gasteiger partial charge in [-0.2, -0.15) is 0 Å². The van der Waals surface area contributed by atoms with Crippen LogP contribution in [0.2, 0.25) is 5.02 Å². The number of carbonyl (C=O) groups excluding carboxylic acids is 1. The van der Waals surface area contributed by atoms with Gasteiger partial charge in [0.1, 0.15) is 6.10 Å². The van der Waals surface area contributed by atoms with Crippen molar-refractivity contribution in [1.29, 1.82) is 0 Å². The van der Waals surface area contributed by atoms with Gasteiger partial charge in [0, 0.05) is 17.0 Å². The van der Waals surface area contributed by atoms with Crippen LogP contribution in [0.5, 0.6) is 0 Å². The number of Topliss-reactive ketones (excluding diaryl/α,β-unsaturated/α-hetero) is 1. The van der Waals surface area contributed by atoms with E-state index >= 15 is 0 Å². The lowest BCUT2D eigenvalue weighted by Crippen LogP contribution is -2.22. The molecule has 0 aromatic heterocycles. The molecule has 0 aliphatic heterocycles. The van der Waals surface area contributed by atoms with Crippen molar-refractivity contribution in [2.45, 2.75) is 12.5 Å². The molecule has 92 valence electrons. The second kappa shape index (κ2) is 5.80. The summed E-state index contributed by atoms with van der Waals surface area (Å²) in [4.78, 5) is 12.0. The summed E-state index contributed by atoms with van der Waals surface area (Å²) in [5.41, 5.74) is 1.37. The van der Waals surface area contributed by atoms with Crippen LogP contribution in [0.25, 0.3) is 0 Å². The molecule has 0 heterocycles. The van der Waals surface area contributed by atoms with E-state index in [2.05, 4.69) is 0 Å². The molecule has 1 N–H and O–H groups in total. The predicted molar refractivity (Wildman–Crippen MR) is 71.9 cm³/mol. The van der Waals surface area contributed by atoms with Crippen molar-refractivity contribution in [1.82, 2.24) is 0 Å². The minimum Gasteiger partial charge on any atom is -0.385 e. The van der Waals surface area contributed by atoms with Gasteiger partial charge >= 0.3 is 0 Å². The van der Waals surface area contributed by atoms with Gasteiger partial charge in [-0.15, -0.1) is 0 Å². The third kappa shape index (κ3) is 3.19. The minimum absolute atomic E-state index is 0.268. The van der Waals surface area contributed by atoms with Gasteiger partial charge in [0.05, 0.1) is 0 Å². The summed E-state index contributed by atoms with van der Waals surface area (Å²) < 4.78 is 0. The van der Waals surface area contributed by atoms with Crippen LogP contribution >= 0.6 is 11.6 Å². The van der Waals surface area contributed by atoms with Gasteiger partial charge in [-0.05, 0) is 17.7 Å². The van der Waals surface area contributed by atoms with Crippen LogP contribution in [0.15, 0.2) is 54.6 Å². The Morgan fingerprint density at radius 2 is 1.83 bits per heavy atom. The monoisotopic (exact) mass is 260 g/mol. The summed E-state index contributed by atoms with van der Waals surface area (Å²) >= 11 is 5.86. The molecule has 1 atom stereocenters. The molecule has 18 heavy (non-hydrogen) atoms. The molecule has 2 aromatic carbocycles. The Labute approximate surface area is 111 Å². The van der Waals surface area contributed by atoms with Crippen molar-refractivity contribution in [2.75, 3.05) is 0 Å². The van der Waals surface area contributed by atoms with E-state index in [0.29, 0.717) is 10.6 Å². The van der Waals surface area contributed by atoms with Gasteiger partial charge in [0.25, 0.3) is 0 Å². The van der Waals surface area contributed by atoms with Crippen LogP contribution < -0.4 is 0 Å². The first-order chi connectivity index (χ1) is 8.66. The highest BCUT2D eigenvalue weighted by molar-refractivity contribution is 6.30. The van der Waals surface area contributed by atoms with E-state index in [-0.39, 0.29) is 12.2 Å². The van der Waals surface area contributed by atoms with Crippen LogP contribution in [0, 0.1) is 0 Å². The number of aliphatic hydroxyl groups is 1. The zero-order chi connectivity index (χ0) is 13.0. The molecule has 0 saturated carbocycles. The molecule has 2 nitrogen and oxygen atoms in total. The zero-order valence-corrected chi connectivity index (χ0v) is 10.5. The molecule has 0 bridgehead atoms. The quantitative estimate of drug-likeness (QED) is 0.858. The van der Waals surface area contributed by atoms with E-state index in [1.165, 1.54) is 0 Å². The number of aliphatic hydroxyl groups excluding tert-OH is 1. The van der Waals surface area contributed by atoms with E-state index < -0.39 is 6.10 Å². The molecule has 0 saturated heterocycles. The largest absolute Gasteiger partial charge is 0.385 e. The fourth-order valence-electron chi connectivity index (χ4n) is 1.77. The second-order valence-electron chi connectivity index (χ2n) is 4.08. The topological polar surface area (TPSA) is 37.3 Å². The number of benzene rings is 2. The molecule has 2 rings (SSSR count). The first kappa shape index (κ1) is 12.8. The van der Waals surface area contributed by atoms with E-state index in [1.54, 1.807) is 42.5 Å². The number of rotatable bonds is 4. The number of ketones is 1. The summed E-state index contributed by atoms with van der Waals surface area (Å²) in [5, 5.41) is 10.5. The van der Waals surface area contributed by atoms with Gasteiger partial charge in [-0.25, -0.2) is 0 Å². The third-order valence-electron chi connectivity index (χ3n) is 2.68. The predicted octanol–water partition coefficient (Wildman–Crippen LogP) is 3.13.